The lowest BCUT2D eigenvalue weighted by molar-refractivity contribution is -0.134. The van der Waals surface area contributed by atoms with Crippen LogP contribution >= 0.6 is 0 Å². The maximum atomic E-state index is 12.9. The summed E-state index contributed by atoms with van der Waals surface area (Å²) in [6, 6.07) is 7.18. The van der Waals surface area contributed by atoms with Crippen LogP contribution in [0.3, 0.4) is 0 Å². The molecule has 0 aromatic heterocycles. The van der Waals surface area contributed by atoms with E-state index in [0.29, 0.717) is 0 Å². The van der Waals surface area contributed by atoms with Crippen molar-refractivity contribution >= 4 is 11.8 Å². The van der Waals surface area contributed by atoms with Gasteiger partial charge in [0.1, 0.15) is 0 Å². The van der Waals surface area contributed by atoms with Crippen LogP contribution in [0.2, 0.25) is 0 Å². The lowest BCUT2D eigenvalue weighted by Gasteiger charge is -1.96. The molecule has 1 N–H and O–H groups in total. The van der Waals surface area contributed by atoms with E-state index in [1.54, 1.807) is 6.07 Å². The molecule has 0 aliphatic rings. The molecule has 0 atom stereocenters. The fourth-order valence-corrected chi connectivity index (χ4v) is 0.805. The van der Waals surface area contributed by atoms with Crippen molar-refractivity contribution < 1.29 is 18.7 Å². The number of hydrogen-bond acceptors (Lipinski definition) is 1. The molecule has 1 aromatic carbocycles. The molecular weight excluding hydrogens is 178 g/mol. The highest BCUT2D eigenvalue weighted by atomic mass is 19.2. The van der Waals surface area contributed by atoms with Gasteiger partial charge in [-0.2, -0.15) is 4.39 Å². The van der Waals surface area contributed by atoms with Gasteiger partial charge in [0.25, 0.3) is 0 Å². The Morgan fingerprint density at radius 3 is 2.15 bits per heavy atom. The van der Waals surface area contributed by atoms with Gasteiger partial charge in [-0.15, -0.1) is 0 Å². The van der Waals surface area contributed by atoms with Gasteiger partial charge in [-0.3, -0.25) is 0 Å². The smallest absolute Gasteiger partial charge is 0.367 e. The molecular formula is C9H6F2O2. The highest BCUT2D eigenvalue weighted by Gasteiger charge is 2.14. The standard InChI is InChI=1S/C9H6F2O2/c10-7(8(11)9(12)13)6-4-2-1-3-5-6/h1-5H,(H,12,13)/b8-7+. The third-order valence-electron chi connectivity index (χ3n) is 1.41. The van der Waals surface area contributed by atoms with E-state index in [0.717, 1.165) is 0 Å². The minimum atomic E-state index is -1.90. The van der Waals surface area contributed by atoms with Crippen molar-refractivity contribution in [1.82, 2.24) is 0 Å². The molecule has 0 amide bonds. The second-order valence-corrected chi connectivity index (χ2v) is 2.30. The van der Waals surface area contributed by atoms with Crippen LogP contribution < -0.4 is 0 Å². The largest absolute Gasteiger partial charge is 0.476 e. The summed E-state index contributed by atoms with van der Waals surface area (Å²) in [7, 11) is 0. The molecule has 0 saturated heterocycles. The molecule has 2 nitrogen and oxygen atoms in total. The van der Waals surface area contributed by atoms with Gasteiger partial charge in [-0.25, -0.2) is 9.18 Å². The van der Waals surface area contributed by atoms with Gasteiger partial charge in [0.2, 0.25) is 5.83 Å². The summed E-state index contributed by atoms with van der Waals surface area (Å²) in [5, 5.41) is 8.14. The number of carboxylic acids is 1. The van der Waals surface area contributed by atoms with Crippen LogP contribution in [0.25, 0.3) is 5.83 Å². The fraction of sp³-hybridized carbons (Fsp3) is 0. The first-order valence-corrected chi connectivity index (χ1v) is 3.47. The van der Waals surface area contributed by atoms with Crippen LogP contribution in [-0.4, -0.2) is 11.1 Å². The molecule has 0 aliphatic carbocycles. The van der Waals surface area contributed by atoms with E-state index in [-0.39, 0.29) is 5.56 Å². The Bertz CT molecular complexity index is 344. The van der Waals surface area contributed by atoms with Crippen molar-refractivity contribution in [2.45, 2.75) is 0 Å². The first-order chi connectivity index (χ1) is 6.13. The van der Waals surface area contributed by atoms with Gasteiger partial charge in [-0.05, 0) is 0 Å². The van der Waals surface area contributed by atoms with Crippen LogP contribution in [0.1, 0.15) is 5.56 Å². The van der Waals surface area contributed by atoms with Crippen LogP contribution in [-0.2, 0) is 4.79 Å². The van der Waals surface area contributed by atoms with Crippen molar-refractivity contribution in [3.05, 3.63) is 41.7 Å². The molecule has 0 unspecified atom stereocenters. The van der Waals surface area contributed by atoms with Crippen molar-refractivity contribution in [2.24, 2.45) is 0 Å². The molecule has 13 heavy (non-hydrogen) atoms. The number of hydrogen-bond donors (Lipinski definition) is 1. The van der Waals surface area contributed by atoms with Crippen molar-refractivity contribution in [3.63, 3.8) is 0 Å². The second kappa shape index (κ2) is 3.80. The number of carboxylic acid groups (broad SMARTS) is 1. The average Bonchev–Trinajstić information content (AvgIpc) is 2.17. The predicted molar refractivity (Wildman–Crippen MR) is 43.2 cm³/mol. The number of halogens is 2. The van der Waals surface area contributed by atoms with Crippen LogP contribution in [0.15, 0.2) is 36.2 Å². The third-order valence-corrected chi connectivity index (χ3v) is 1.41. The highest BCUT2D eigenvalue weighted by molar-refractivity contribution is 5.92. The van der Waals surface area contributed by atoms with E-state index in [1.165, 1.54) is 24.3 Å². The second-order valence-electron chi connectivity index (χ2n) is 2.30. The van der Waals surface area contributed by atoms with Crippen molar-refractivity contribution in [3.8, 4) is 0 Å². The summed E-state index contributed by atoms with van der Waals surface area (Å²) in [5.41, 5.74) is -0.0811. The summed E-state index contributed by atoms with van der Waals surface area (Å²) in [6.07, 6.45) is 0. The van der Waals surface area contributed by atoms with Gasteiger partial charge in [0.15, 0.2) is 5.83 Å². The zero-order chi connectivity index (χ0) is 9.84. The summed E-state index contributed by atoms with van der Waals surface area (Å²) in [4.78, 5) is 10.0. The first-order valence-electron chi connectivity index (χ1n) is 3.47. The van der Waals surface area contributed by atoms with E-state index >= 15 is 0 Å². The topological polar surface area (TPSA) is 37.3 Å². The van der Waals surface area contributed by atoms with Crippen molar-refractivity contribution in [2.75, 3.05) is 0 Å². The molecule has 1 aromatic rings. The molecule has 0 fully saturated rings. The van der Waals surface area contributed by atoms with E-state index in [1.807, 2.05) is 0 Å². The fourth-order valence-electron chi connectivity index (χ4n) is 0.805. The molecule has 0 radical (unpaired) electrons. The minimum Gasteiger partial charge on any atom is -0.476 e. The van der Waals surface area contributed by atoms with Crippen LogP contribution in [0.4, 0.5) is 8.78 Å². The van der Waals surface area contributed by atoms with E-state index in [4.69, 9.17) is 5.11 Å². The minimum absolute atomic E-state index is 0.0811. The Morgan fingerprint density at radius 1 is 1.15 bits per heavy atom. The predicted octanol–water partition coefficient (Wildman–Crippen LogP) is 2.38. The van der Waals surface area contributed by atoms with Gasteiger partial charge in [-0.1, -0.05) is 30.3 Å². The van der Waals surface area contributed by atoms with Gasteiger partial charge >= 0.3 is 5.97 Å². The van der Waals surface area contributed by atoms with E-state index in [2.05, 4.69) is 0 Å². The molecule has 0 spiro atoms. The highest BCUT2D eigenvalue weighted by Crippen LogP contribution is 2.20. The molecule has 0 bridgehead atoms. The zero-order valence-corrected chi connectivity index (χ0v) is 6.50. The maximum absolute atomic E-state index is 12.9. The Kier molecular flexibility index (Phi) is 2.74. The molecule has 68 valence electrons. The van der Waals surface area contributed by atoms with Gasteiger partial charge in [0.05, 0.1) is 0 Å². The molecule has 1 rings (SSSR count). The summed E-state index contributed by atoms with van der Waals surface area (Å²) in [6.45, 7) is 0. The monoisotopic (exact) mass is 184 g/mol. The Hall–Kier alpha value is -1.71. The number of rotatable bonds is 2. The maximum Gasteiger partial charge on any atom is 0.367 e. The molecule has 4 heteroatoms. The Balaban J connectivity index is 3.11. The lowest BCUT2D eigenvalue weighted by atomic mass is 10.2. The first kappa shape index (κ1) is 9.38. The van der Waals surface area contributed by atoms with E-state index < -0.39 is 17.6 Å². The number of carbonyl (C=O) groups is 1. The zero-order valence-electron chi connectivity index (χ0n) is 6.50. The van der Waals surface area contributed by atoms with Crippen molar-refractivity contribution in [1.29, 1.82) is 0 Å². The lowest BCUT2D eigenvalue weighted by Crippen LogP contribution is -1.97. The van der Waals surface area contributed by atoms with Gasteiger partial charge in [0, 0.05) is 5.56 Å². The summed E-state index contributed by atoms with van der Waals surface area (Å²) >= 11 is 0. The Morgan fingerprint density at radius 2 is 1.69 bits per heavy atom. The van der Waals surface area contributed by atoms with Crippen LogP contribution in [0.5, 0.6) is 0 Å². The number of aliphatic carboxylic acids is 1. The molecule has 0 saturated carbocycles. The summed E-state index contributed by atoms with van der Waals surface area (Å²) in [5.74, 6) is -5.03. The quantitative estimate of drug-likeness (QED) is 0.716. The Labute approximate surface area is 73.1 Å². The average molecular weight is 184 g/mol. The van der Waals surface area contributed by atoms with Gasteiger partial charge < -0.3 is 5.11 Å². The molecule has 0 heterocycles. The number of benzene rings is 1. The SMILES string of the molecule is O=C(O)/C(F)=C(\F)c1ccccc1. The third kappa shape index (κ3) is 2.11. The normalized spacial score (nSPS) is 12.2. The van der Waals surface area contributed by atoms with Crippen LogP contribution in [0, 0.1) is 0 Å². The summed E-state index contributed by atoms with van der Waals surface area (Å²) < 4.78 is 25.4. The molecule has 0 aliphatic heterocycles. The van der Waals surface area contributed by atoms with E-state index in [9.17, 15) is 13.6 Å².